The van der Waals surface area contributed by atoms with Crippen molar-refractivity contribution < 1.29 is 0 Å². The van der Waals surface area contributed by atoms with E-state index in [-0.39, 0.29) is 5.56 Å². The summed E-state index contributed by atoms with van der Waals surface area (Å²) in [7, 11) is 0. The standard InChI is InChI=1S/C17H15ClN4OS/c18-15-4-2-1-3-13(15)5-6-22-10-14(16(23)21-17(22)24)7-12-8-19-11-20-9-12/h1-4,8-11H,5-7H2,(H,21,23,24). The van der Waals surface area contributed by atoms with Gasteiger partial charge in [-0.05, 0) is 35.8 Å². The first-order valence-electron chi connectivity index (χ1n) is 7.43. The number of rotatable bonds is 5. The van der Waals surface area contributed by atoms with Crippen LogP contribution >= 0.6 is 23.8 Å². The Morgan fingerprint density at radius 1 is 1.17 bits per heavy atom. The summed E-state index contributed by atoms with van der Waals surface area (Å²) in [6.45, 7) is 0.637. The maximum atomic E-state index is 12.1. The maximum absolute atomic E-state index is 12.1. The molecule has 1 N–H and O–H groups in total. The van der Waals surface area contributed by atoms with Gasteiger partial charge in [0, 0.05) is 42.1 Å². The first kappa shape index (κ1) is 16.5. The Balaban J connectivity index is 1.83. The molecule has 0 atom stereocenters. The topological polar surface area (TPSA) is 63.6 Å². The second kappa shape index (κ2) is 7.51. The Bertz CT molecular complexity index is 953. The predicted molar refractivity (Wildman–Crippen MR) is 95.9 cm³/mol. The molecule has 0 fully saturated rings. The highest BCUT2D eigenvalue weighted by molar-refractivity contribution is 7.71. The zero-order valence-corrected chi connectivity index (χ0v) is 14.3. The fourth-order valence-corrected chi connectivity index (χ4v) is 2.90. The Morgan fingerprint density at radius 3 is 2.67 bits per heavy atom. The zero-order valence-electron chi connectivity index (χ0n) is 12.8. The van der Waals surface area contributed by atoms with E-state index in [0.717, 1.165) is 22.6 Å². The van der Waals surface area contributed by atoms with Crippen molar-refractivity contribution in [2.24, 2.45) is 0 Å². The molecular formula is C17H15ClN4OS. The number of nitrogens with one attached hydrogen (secondary N) is 1. The monoisotopic (exact) mass is 358 g/mol. The van der Waals surface area contributed by atoms with Gasteiger partial charge in [-0.3, -0.25) is 9.78 Å². The highest BCUT2D eigenvalue weighted by Gasteiger charge is 2.06. The fraction of sp³-hybridized carbons (Fsp3) is 0.176. The van der Waals surface area contributed by atoms with Gasteiger partial charge in [0.2, 0.25) is 0 Å². The average Bonchev–Trinajstić information content (AvgIpc) is 2.58. The second-order valence-electron chi connectivity index (χ2n) is 5.37. The summed E-state index contributed by atoms with van der Waals surface area (Å²) in [6, 6.07) is 7.70. The molecule has 0 saturated heterocycles. The summed E-state index contributed by atoms with van der Waals surface area (Å²) >= 11 is 11.4. The quantitative estimate of drug-likeness (QED) is 0.711. The number of aromatic amines is 1. The zero-order chi connectivity index (χ0) is 16.9. The van der Waals surface area contributed by atoms with Crippen molar-refractivity contribution in [3.05, 3.63) is 86.0 Å². The number of halogens is 1. The lowest BCUT2D eigenvalue weighted by atomic mass is 10.1. The van der Waals surface area contributed by atoms with Gasteiger partial charge in [-0.2, -0.15) is 0 Å². The van der Waals surface area contributed by atoms with E-state index < -0.39 is 0 Å². The molecule has 0 radical (unpaired) electrons. The van der Waals surface area contributed by atoms with Crippen LogP contribution in [0.3, 0.4) is 0 Å². The van der Waals surface area contributed by atoms with Crippen LogP contribution in [0.4, 0.5) is 0 Å². The second-order valence-corrected chi connectivity index (χ2v) is 6.17. The molecule has 1 aromatic carbocycles. The molecule has 2 heterocycles. The number of aromatic nitrogens is 4. The van der Waals surface area contributed by atoms with Crippen LogP contribution in [0.2, 0.25) is 5.02 Å². The van der Waals surface area contributed by atoms with Gasteiger partial charge in [-0.1, -0.05) is 29.8 Å². The van der Waals surface area contributed by atoms with Crippen LogP contribution in [0.15, 0.2) is 54.0 Å². The molecule has 24 heavy (non-hydrogen) atoms. The third-order valence-corrected chi connectivity index (χ3v) is 4.38. The van der Waals surface area contributed by atoms with E-state index in [1.165, 1.54) is 6.33 Å². The van der Waals surface area contributed by atoms with Crippen LogP contribution in [0.25, 0.3) is 0 Å². The molecular weight excluding hydrogens is 344 g/mol. The molecule has 122 valence electrons. The largest absolute Gasteiger partial charge is 0.325 e. The number of hydrogen-bond acceptors (Lipinski definition) is 4. The van der Waals surface area contributed by atoms with E-state index in [9.17, 15) is 4.79 Å². The Hall–Kier alpha value is -2.31. The van der Waals surface area contributed by atoms with E-state index in [1.807, 2.05) is 28.8 Å². The van der Waals surface area contributed by atoms with Crippen molar-refractivity contribution in [3.63, 3.8) is 0 Å². The van der Waals surface area contributed by atoms with Gasteiger partial charge in [0.1, 0.15) is 6.33 Å². The lowest BCUT2D eigenvalue weighted by molar-refractivity contribution is 0.655. The van der Waals surface area contributed by atoms with E-state index in [0.29, 0.717) is 23.3 Å². The number of aryl methyl sites for hydroxylation is 2. The lowest BCUT2D eigenvalue weighted by Crippen LogP contribution is -2.19. The maximum Gasteiger partial charge on any atom is 0.255 e. The van der Waals surface area contributed by atoms with Gasteiger partial charge in [-0.25, -0.2) is 9.97 Å². The van der Waals surface area contributed by atoms with Gasteiger partial charge >= 0.3 is 0 Å². The fourth-order valence-electron chi connectivity index (χ4n) is 2.43. The van der Waals surface area contributed by atoms with E-state index in [2.05, 4.69) is 15.0 Å². The minimum absolute atomic E-state index is 0.183. The number of hydrogen-bond donors (Lipinski definition) is 1. The summed E-state index contributed by atoms with van der Waals surface area (Å²) < 4.78 is 2.26. The van der Waals surface area contributed by atoms with E-state index >= 15 is 0 Å². The Kier molecular flexibility index (Phi) is 5.17. The third-order valence-electron chi connectivity index (χ3n) is 3.67. The molecule has 0 amide bonds. The van der Waals surface area contributed by atoms with Crippen LogP contribution in [-0.2, 0) is 19.4 Å². The number of benzene rings is 1. The molecule has 0 spiro atoms. The molecule has 5 nitrogen and oxygen atoms in total. The first-order valence-corrected chi connectivity index (χ1v) is 8.22. The van der Waals surface area contributed by atoms with Crippen LogP contribution in [0.5, 0.6) is 0 Å². The summed E-state index contributed by atoms with van der Waals surface area (Å²) in [5, 5.41) is 0.732. The summed E-state index contributed by atoms with van der Waals surface area (Å²) in [5.41, 5.74) is 2.36. The minimum Gasteiger partial charge on any atom is -0.325 e. The van der Waals surface area contributed by atoms with Gasteiger partial charge in [0.25, 0.3) is 5.56 Å². The van der Waals surface area contributed by atoms with Crippen molar-refractivity contribution in [2.75, 3.05) is 0 Å². The minimum atomic E-state index is -0.183. The Morgan fingerprint density at radius 2 is 1.92 bits per heavy atom. The normalized spacial score (nSPS) is 10.7. The third kappa shape index (κ3) is 3.96. The van der Waals surface area contributed by atoms with Gasteiger partial charge in [-0.15, -0.1) is 0 Å². The molecule has 0 unspecified atom stereocenters. The number of H-pyrrole nitrogens is 1. The van der Waals surface area contributed by atoms with Crippen molar-refractivity contribution in [3.8, 4) is 0 Å². The molecule has 0 bridgehead atoms. The van der Waals surface area contributed by atoms with Gasteiger partial charge in [0.05, 0.1) is 0 Å². The van der Waals surface area contributed by atoms with Crippen molar-refractivity contribution in [2.45, 2.75) is 19.4 Å². The lowest BCUT2D eigenvalue weighted by Gasteiger charge is -2.10. The van der Waals surface area contributed by atoms with Crippen LogP contribution in [0, 0.1) is 4.77 Å². The van der Waals surface area contributed by atoms with E-state index in [1.54, 1.807) is 18.6 Å². The van der Waals surface area contributed by atoms with Crippen molar-refractivity contribution in [1.82, 2.24) is 19.5 Å². The van der Waals surface area contributed by atoms with Crippen LogP contribution in [-0.4, -0.2) is 19.5 Å². The summed E-state index contributed by atoms with van der Waals surface area (Å²) in [4.78, 5) is 22.8. The van der Waals surface area contributed by atoms with Crippen molar-refractivity contribution >= 4 is 23.8 Å². The van der Waals surface area contributed by atoms with Gasteiger partial charge in [0.15, 0.2) is 4.77 Å². The SMILES string of the molecule is O=c1[nH]c(=S)n(CCc2ccccc2Cl)cc1Cc1cncnc1. The Labute approximate surface area is 149 Å². The van der Waals surface area contributed by atoms with Crippen LogP contribution in [0.1, 0.15) is 16.7 Å². The van der Waals surface area contributed by atoms with Crippen molar-refractivity contribution in [1.29, 1.82) is 0 Å². The van der Waals surface area contributed by atoms with E-state index in [4.69, 9.17) is 23.8 Å². The number of nitrogens with zero attached hydrogens (tertiary/aromatic N) is 3. The smallest absolute Gasteiger partial charge is 0.255 e. The summed E-state index contributed by atoms with van der Waals surface area (Å²) in [6.07, 6.45) is 7.84. The molecule has 0 aliphatic heterocycles. The highest BCUT2D eigenvalue weighted by Crippen LogP contribution is 2.16. The highest BCUT2D eigenvalue weighted by atomic mass is 35.5. The molecule has 0 saturated carbocycles. The first-order chi connectivity index (χ1) is 11.6. The van der Waals surface area contributed by atoms with Crippen LogP contribution < -0.4 is 5.56 Å². The molecule has 0 aliphatic carbocycles. The molecule has 0 aliphatic rings. The molecule has 3 aromatic rings. The molecule has 2 aromatic heterocycles. The molecule has 7 heteroatoms. The molecule has 3 rings (SSSR count). The predicted octanol–water partition coefficient (Wildman–Crippen LogP) is 3.18. The summed E-state index contributed by atoms with van der Waals surface area (Å²) in [5.74, 6) is 0. The van der Waals surface area contributed by atoms with Gasteiger partial charge < -0.3 is 4.57 Å². The average molecular weight is 359 g/mol.